The van der Waals surface area contributed by atoms with E-state index in [1.807, 2.05) is 62.2 Å². The van der Waals surface area contributed by atoms with Crippen molar-refractivity contribution in [3.63, 3.8) is 0 Å². The van der Waals surface area contributed by atoms with Gasteiger partial charge in [-0.3, -0.25) is 9.59 Å². The molecule has 2 aliphatic heterocycles. The molecular formula is C28H33N7O2. The molecule has 37 heavy (non-hydrogen) atoms. The highest BCUT2D eigenvalue weighted by atomic mass is 16.2. The lowest BCUT2D eigenvalue weighted by molar-refractivity contribution is -0.119. The Kier molecular flexibility index (Phi) is 5.75. The fourth-order valence-corrected chi connectivity index (χ4v) is 5.35. The average molecular weight is 500 g/mol. The van der Waals surface area contributed by atoms with Gasteiger partial charge in [0.2, 0.25) is 11.7 Å². The summed E-state index contributed by atoms with van der Waals surface area (Å²) in [5.41, 5.74) is 4.79. The predicted molar refractivity (Wildman–Crippen MR) is 143 cm³/mol. The quantitative estimate of drug-likeness (QED) is 0.549. The molecule has 2 aromatic carbocycles. The molecule has 3 aromatic rings. The van der Waals surface area contributed by atoms with E-state index in [1.54, 1.807) is 9.58 Å². The van der Waals surface area contributed by atoms with Gasteiger partial charge in [-0.15, -0.1) is 5.10 Å². The Morgan fingerprint density at radius 1 is 0.946 bits per heavy atom. The minimum atomic E-state index is -0.218. The maximum Gasteiger partial charge on any atom is 0.293 e. The number of nitrogens with zero attached hydrogens (tertiary/aromatic N) is 7. The van der Waals surface area contributed by atoms with Crippen molar-refractivity contribution in [1.29, 1.82) is 0 Å². The SMILES string of the molecule is Cc1ccc(-n2nc(C(=O)N3CCN(C)CC3)nc2-c2ccc3c(c2)N(C2CC2)C(C)C(=O)N3C)cc1. The Balaban J connectivity index is 1.45. The zero-order valence-electron chi connectivity index (χ0n) is 21.9. The number of likely N-dealkylation sites (N-methyl/N-ethyl adjacent to an activating group) is 2. The van der Waals surface area contributed by atoms with Crippen LogP contribution in [0.4, 0.5) is 11.4 Å². The fourth-order valence-electron chi connectivity index (χ4n) is 5.35. The second-order valence-electron chi connectivity index (χ2n) is 10.5. The van der Waals surface area contributed by atoms with Crippen molar-refractivity contribution in [2.45, 2.75) is 38.8 Å². The van der Waals surface area contributed by atoms with E-state index in [0.29, 0.717) is 25.0 Å². The zero-order chi connectivity index (χ0) is 25.8. The van der Waals surface area contributed by atoms with E-state index in [0.717, 1.165) is 54.1 Å². The minimum absolute atomic E-state index is 0.107. The molecule has 1 saturated carbocycles. The summed E-state index contributed by atoms with van der Waals surface area (Å²) in [5.74, 6) is 0.788. The van der Waals surface area contributed by atoms with E-state index in [4.69, 9.17) is 10.1 Å². The van der Waals surface area contributed by atoms with Crippen LogP contribution in [0.15, 0.2) is 42.5 Å². The van der Waals surface area contributed by atoms with Gasteiger partial charge in [-0.25, -0.2) is 9.67 Å². The number of rotatable bonds is 4. The summed E-state index contributed by atoms with van der Waals surface area (Å²) in [4.78, 5) is 39.2. The Morgan fingerprint density at radius 3 is 2.32 bits per heavy atom. The van der Waals surface area contributed by atoms with Crippen LogP contribution in [0.25, 0.3) is 17.1 Å². The summed E-state index contributed by atoms with van der Waals surface area (Å²) >= 11 is 0. The molecule has 2 amide bonds. The Labute approximate surface area is 217 Å². The molecule has 0 radical (unpaired) electrons. The van der Waals surface area contributed by atoms with Gasteiger partial charge in [-0.2, -0.15) is 0 Å². The van der Waals surface area contributed by atoms with Crippen LogP contribution in [-0.2, 0) is 4.79 Å². The summed E-state index contributed by atoms with van der Waals surface area (Å²) in [6.45, 7) is 7.03. The van der Waals surface area contributed by atoms with Crippen LogP contribution >= 0.6 is 0 Å². The number of anilines is 2. The standard InChI is InChI=1S/C28H33N7O2/c1-18-5-8-22(9-6-18)35-26(29-25(30-35)28(37)33-15-13-31(3)14-16-33)20-7-12-23-24(17-20)34(21-10-11-21)19(2)27(36)32(23)4/h5-9,12,17,19,21H,10-11,13-16H2,1-4H3. The van der Waals surface area contributed by atoms with Crippen LogP contribution in [0.2, 0.25) is 0 Å². The van der Waals surface area contributed by atoms with E-state index in [1.165, 1.54) is 0 Å². The number of hydrogen-bond donors (Lipinski definition) is 0. The number of benzene rings is 2. The summed E-state index contributed by atoms with van der Waals surface area (Å²) < 4.78 is 1.77. The lowest BCUT2D eigenvalue weighted by Gasteiger charge is -2.40. The number of aromatic nitrogens is 3. The van der Waals surface area contributed by atoms with Crippen molar-refractivity contribution in [2.75, 3.05) is 50.1 Å². The number of piperazine rings is 1. The first-order valence-corrected chi connectivity index (χ1v) is 13.0. The number of fused-ring (bicyclic) bond motifs is 1. The van der Waals surface area contributed by atoms with Gasteiger partial charge in [0.05, 0.1) is 17.1 Å². The van der Waals surface area contributed by atoms with Crippen molar-refractivity contribution < 1.29 is 9.59 Å². The summed E-state index contributed by atoms with van der Waals surface area (Å²) in [6.07, 6.45) is 2.18. The van der Waals surface area contributed by atoms with Gasteiger partial charge in [0.25, 0.3) is 5.91 Å². The average Bonchev–Trinajstić information content (AvgIpc) is 3.64. The molecule has 1 saturated heterocycles. The molecule has 1 aromatic heterocycles. The maximum atomic E-state index is 13.4. The first-order chi connectivity index (χ1) is 17.8. The second-order valence-corrected chi connectivity index (χ2v) is 10.5. The van der Waals surface area contributed by atoms with E-state index in [-0.39, 0.29) is 23.7 Å². The Bertz CT molecular complexity index is 1350. The van der Waals surface area contributed by atoms with E-state index >= 15 is 0 Å². The third-order valence-corrected chi connectivity index (χ3v) is 7.79. The first kappa shape index (κ1) is 23.7. The molecule has 3 aliphatic rings. The number of carbonyl (C=O) groups is 2. The second kappa shape index (κ2) is 8.99. The highest BCUT2D eigenvalue weighted by molar-refractivity contribution is 6.05. The molecule has 0 bridgehead atoms. The Hall–Kier alpha value is -3.72. The van der Waals surface area contributed by atoms with Gasteiger partial charge < -0.3 is 19.6 Å². The molecule has 3 heterocycles. The topological polar surface area (TPSA) is 77.8 Å². The summed E-state index contributed by atoms with van der Waals surface area (Å²) in [6, 6.07) is 14.3. The predicted octanol–water partition coefficient (Wildman–Crippen LogP) is 2.96. The van der Waals surface area contributed by atoms with Crippen LogP contribution in [0.3, 0.4) is 0 Å². The zero-order valence-corrected chi connectivity index (χ0v) is 21.9. The van der Waals surface area contributed by atoms with Gasteiger partial charge >= 0.3 is 0 Å². The maximum absolute atomic E-state index is 13.4. The molecule has 192 valence electrons. The highest BCUT2D eigenvalue weighted by Gasteiger charge is 2.41. The Morgan fingerprint density at radius 2 is 1.65 bits per heavy atom. The van der Waals surface area contributed by atoms with Crippen LogP contribution in [0.1, 0.15) is 35.9 Å². The van der Waals surface area contributed by atoms with Crippen molar-refractivity contribution >= 4 is 23.2 Å². The largest absolute Gasteiger partial charge is 0.355 e. The molecule has 6 rings (SSSR count). The fraction of sp³-hybridized carbons (Fsp3) is 0.429. The molecule has 0 spiro atoms. The highest BCUT2D eigenvalue weighted by Crippen LogP contribution is 2.44. The van der Waals surface area contributed by atoms with Crippen LogP contribution < -0.4 is 9.80 Å². The van der Waals surface area contributed by atoms with Crippen LogP contribution in [0, 0.1) is 6.92 Å². The number of hydrogen-bond acceptors (Lipinski definition) is 6. The molecule has 1 aliphatic carbocycles. The molecular weight excluding hydrogens is 466 g/mol. The van der Waals surface area contributed by atoms with Gasteiger partial charge in [0.1, 0.15) is 6.04 Å². The summed E-state index contributed by atoms with van der Waals surface area (Å²) in [7, 11) is 3.90. The monoisotopic (exact) mass is 499 g/mol. The lowest BCUT2D eigenvalue weighted by Crippen LogP contribution is -2.51. The van der Waals surface area contributed by atoms with E-state index in [2.05, 4.69) is 22.9 Å². The van der Waals surface area contributed by atoms with E-state index < -0.39 is 0 Å². The first-order valence-electron chi connectivity index (χ1n) is 13.0. The van der Waals surface area contributed by atoms with Gasteiger partial charge in [0.15, 0.2) is 5.82 Å². The van der Waals surface area contributed by atoms with Gasteiger partial charge in [-0.05, 0) is 64.1 Å². The third-order valence-electron chi connectivity index (χ3n) is 7.79. The van der Waals surface area contributed by atoms with Crippen LogP contribution in [-0.4, -0.2) is 88.7 Å². The van der Waals surface area contributed by atoms with Crippen molar-refractivity contribution in [3.05, 3.63) is 53.9 Å². The molecule has 0 N–H and O–H groups in total. The molecule has 1 atom stereocenters. The van der Waals surface area contributed by atoms with E-state index in [9.17, 15) is 9.59 Å². The molecule has 9 nitrogen and oxygen atoms in total. The molecule has 2 fully saturated rings. The third kappa shape index (κ3) is 4.17. The van der Waals surface area contributed by atoms with Gasteiger partial charge in [0, 0.05) is 44.8 Å². The molecule has 9 heteroatoms. The van der Waals surface area contributed by atoms with Crippen molar-refractivity contribution in [2.24, 2.45) is 0 Å². The number of aryl methyl sites for hydroxylation is 1. The summed E-state index contributed by atoms with van der Waals surface area (Å²) in [5, 5.41) is 4.72. The van der Waals surface area contributed by atoms with Crippen molar-refractivity contribution in [1.82, 2.24) is 24.6 Å². The van der Waals surface area contributed by atoms with Gasteiger partial charge in [-0.1, -0.05) is 17.7 Å². The van der Waals surface area contributed by atoms with Crippen LogP contribution in [0.5, 0.6) is 0 Å². The molecule has 1 unspecified atom stereocenters. The minimum Gasteiger partial charge on any atom is -0.355 e. The lowest BCUT2D eigenvalue weighted by atomic mass is 10.0. The number of amides is 2. The smallest absolute Gasteiger partial charge is 0.293 e. The normalized spacial score (nSPS) is 20.4. The van der Waals surface area contributed by atoms with Crippen molar-refractivity contribution in [3.8, 4) is 17.1 Å². The number of carbonyl (C=O) groups excluding carboxylic acids is 2.